The van der Waals surface area contributed by atoms with Crippen molar-refractivity contribution in [2.24, 2.45) is 5.73 Å². The van der Waals surface area contributed by atoms with E-state index in [0.29, 0.717) is 0 Å². The highest BCUT2D eigenvalue weighted by molar-refractivity contribution is 7.98. The summed E-state index contributed by atoms with van der Waals surface area (Å²) >= 11 is 1.74. The van der Waals surface area contributed by atoms with Gasteiger partial charge in [-0.3, -0.25) is 0 Å². The van der Waals surface area contributed by atoms with Crippen LogP contribution in [0.15, 0.2) is 41.6 Å². The highest BCUT2D eigenvalue weighted by atomic mass is 32.2. The molecule has 2 aromatic rings. The molecular weight excluding hydrogens is 242 g/mol. The lowest BCUT2D eigenvalue weighted by atomic mass is 10.0. The minimum Gasteiger partial charge on any atom is -0.335 e. The molecule has 2 N–H and O–H groups in total. The molecule has 2 rings (SSSR count). The molecular formula is C14H19N3S. The fourth-order valence-electron chi connectivity index (χ4n) is 2.10. The quantitative estimate of drug-likeness (QED) is 0.842. The summed E-state index contributed by atoms with van der Waals surface area (Å²) in [6.07, 6.45) is 6.70. The van der Waals surface area contributed by atoms with Crippen LogP contribution in [0.4, 0.5) is 0 Å². The number of aryl methyl sites for hydroxylation is 1. The van der Waals surface area contributed by atoms with Crippen LogP contribution in [-0.4, -0.2) is 15.8 Å². The molecule has 96 valence electrons. The first-order valence-electron chi connectivity index (χ1n) is 6.14. The van der Waals surface area contributed by atoms with Crippen molar-refractivity contribution >= 4 is 11.8 Å². The van der Waals surface area contributed by atoms with E-state index >= 15 is 0 Å². The van der Waals surface area contributed by atoms with Gasteiger partial charge in [-0.1, -0.05) is 18.2 Å². The summed E-state index contributed by atoms with van der Waals surface area (Å²) in [5.41, 5.74) is 7.52. The molecule has 0 spiro atoms. The van der Waals surface area contributed by atoms with Crippen molar-refractivity contribution in [3.8, 4) is 0 Å². The summed E-state index contributed by atoms with van der Waals surface area (Å²) in [5.74, 6) is 1.06. The minimum absolute atomic E-state index is 0.00125. The SMILES string of the molecule is CCn1ccnc1CC(N)c1ccccc1SC. The lowest BCUT2D eigenvalue weighted by Crippen LogP contribution is -2.17. The molecule has 0 aliphatic heterocycles. The number of thioether (sulfide) groups is 1. The van der Waals surface area contributed by atoms with Crippen molar-refractivity contribution in [3.05, 3.63) is 48.0 Å². The van der Waals surface area contributed by atoms with Crippen LogP contribution in [0.3, 0.4) is 0 Å². The molecule has 0 aliphatic carbocycles. The maximum Gasteiger partial charge on any atom is 0.110 e. The van der Waals surface area contributed by atoms with E-state index in [-0.39, 0.29) is 6.04 Å². The van der Waals surface area contributed by atoms with Gasteiger partial charge in [-0.05, 0) is 24.8 Å². The Labute approximate surface area is 112 Å². The lowest BCUT2D eigenvalue weighted by molar-refractivity contribution is 0.622. The Hall–Kier alpha value is -1.26. The highest BCUT2D eigenvalue weighted by Crippen LogP contribution is 2.26. The lowest BCUT2D eigenvalue weighted by Gasteiger charge is -2.15. The third-order valence-electron chi connectivity index (χ3n) is 3.08. The Bertz CT molecular complexity index is 507. The molecule has 4 heteroatoms. The third-order valence-corrected chi connectivity index (χ3v) is 3.89. The van der Waals surface area contributed by atoms with Gasteiger partial charge in [0.15, 0.2) is 0 Å². The Morgan fingerprint density at radius 3 is 2.89 bits per heavy atom. The second kappa shape index (κ2) is 6.07. The molecule has 0 saturated heterocycles. The van der Waals surface area contributed by atoms with Gasteiger partial charge < -0.3 is 10.3 Å². The van der Waals surface area contributed by atoms with E-state index in [1.165, 1.54) is 10.5 Å². The number of imidazole rings is 1. The van der Waals surface area contributed by atoms with Crippen molar-refractivity contribution in [2.45, 2.75) is 30.8 Å². The zero-order valence-corrected chi connectivity index (χ0v) is 11.7. The van der Waals surface area contributed by atoms with E-state index in [9.17, 15) is 0 Å². The summed E-state index contributed by atoms with van der Waals surface area (Å²) in [5, 5.41) is 0. The molecule has 0 fully saturated rings. The predicted octanol–water partition coefficient (Wildman–Crippen LogP) is 2.87. The first-order valence-corrected chi connectivity index (χ1v) is 7.37. The second-order valence-electron chi connectivity index (χ2n) is 4.18. The summed E-state index contributed by atoms with van der Waals surface area (Å²) < 4.78 is 2.14. The van der Waals surface area contributed by atoms with E-state index in [0.717, 1.165) is 18.8 Å². The highest BCUT2D eigenvalue weighted by Gasteiger charge is 2.13. The molecule has 0 saturated carbocycles. The van der Waals surface area contributed by atoms with Gasteiger partial charge in [0.2, 0.25) is 0 Å². The molecule has 1 heterocycles. The first-order chi connectivity index (χ1) is 8.76. The van der Waals surface area contributed by atoms with Crippen LogP contribution in [0.2, 0.25) is 0 Å². The molecule has 0 amide bonds. The standard InChI is InChI=1S/C14H19N3S/c1-3-17-9-8-16-14(17)10-12(15)11-6-4-5-7-13(11)18-2/h4-9,12H,3,10,15H2,1-2H3. The van der Waals surface area contributed by atoms with Crippen molar-refractivity contribution in [1.82, 2.24) is 9.55 Å². The molecule has 3 nitrogen and oxygen atoms in total. The summed E-state index contributed by atoms with van der Waals surface area (Å²) in [6.45, 7) is 3.05. The van der Waals surface area contributed by atoms with Gasteiger partial charge in [0.1, 0.15) is 5.82 Å². The van der Waals surface area contributed by atoms with Crippen LogP contribution in [0, 0.1) is 0 Å². The Morgan fingerprint density at radius 2 is 2.17 bits per heavy atom. The molecule has 1 atom stereocenters. The Balaban J connectivity index is 2.19. The predicted molar refractivity (Wildman–Crippen MR) is 76.8 cm³/mol. The van der Waals surface area contributed by atoms with Crippen molar-refractivity contribution in [3.63, 3.8) is 0 Å². The van der Waals surface area contributed by atoms with Gasteiger partial charge in [0.25, 0.3) is 0 Å². The fourth-order valence-corrected chi connectivity index (χ4v) is 2.77. The van der Waals surface area contributed by atoms with Crippen LogP contribution >= 0.6 is 11.8 Å². The van der Waals surface area contributed by atoms with E-state index in [1.54, 1.807) is 11.8 Å². The number of nitrogens with two attached hydrogens (primary N) is 1. The first kappa shape index (κ1) is 13.2. The van der Waals surface area contributed by atoms with Gasteiger partial charge in [-0.2, -0.15) is 0 Å². The maximum atomic E-state index is 6.32. The van der Waals surface area contributed by atoms with Crippen LogP contribution in [0.5, 0.6) is 0 Å². The number of hydrogen-bond donors (Lipinski definition) is 1. The topological polar surface area (TPSA) is 43.8 Å². The largest absolute Gasteiger partial charge is 0.335 e. The third kappa shape index (κ3) is 2.76. The second-order valence-corrected chi connectivity index (χ2v) is 5.03. The monoisotopic (exact) mass is 261 g/mol. The molecule has 0 aliphatic rings. The van der Waals surface area contributed by atoms with Crippen LogP contribution < -0.4 is 5.73 Å². The zero-order chi connectivity index (χ0) is 13.0. The fraction of sp³-hybridized carbons (Fsp3) is 0.357. The Kier molecular flexibility index (Phi) is 4.44. The van der Waals surface area contributed by atoms with Gasteiger partial charge >= 0.3 is 0 Å². The van der Waals surface area contributed by atoms with Gasteiger partial charge in [-0.15, -0.1) is 11.8 Å². The molecule has 1 unspecified atom stereocenters. The molecule has 1 aromatic carbocycles. The molecule has 18 heavy (non-hydrogen) atoms. The molecule has 0 bridgehead atoms. The Morgan fingerprint density at radius 1 is 1.39 bits per heavy atom. The minimum atomic E-state index is 0.00125. The van der Waals surface area contributed by atoms with E-state index in [4.69, 9.17) is 5.73 Å². The maximum absolute atomic E-state index is 6.32. The number of aromatic nitrogens is 2. The summed E-state index contributed by atoms with van der Waals surface area (Å²) in [7, 11) is 0. The van der Waals surface area contributed by atoms with Crippen molar-refractivity contribution in [2.75, 3.05) is 6.26 Å². The molecule has 0 radical (unpaired) electrons. The number of benzene rings is 1. The zero-order valence-electron chi connectivity index (χ0n) is 10.8. The van der Waals surface area contributed by atoms with Crippen LogP contribution in [0.25, 0.3) is 0 Å². The normalized spacial score (nSPS) is 12.6. The van der Waals surface area contributed by atoms with Gasteiger partial charge in [0, 0.05) is 36.3 Å². The van der Waals surface area contributed by atoms with Gasteiger partial charge in [-0.25, -0.2) is 4.98 Å². The van der Waals surface area contributed by atoms with E-state index in [1.807, 2.05) is 18.5 Å². The average Bonchev–Trinajstić information content (AvgIpc) is 2.85. The average molecular weight is 261 g/mol. The van der Waals surface area contributed by atoms with Crippen LogP contribution in [-0.2, 0) is 13.0 Å². The number of nitrogens with zero attached hydrogens (tertiary/aromatic N) is 2. The van der Waals surface area contributed by atoms with E-state index < -0.39 is 0 Å². The van der Waals surface area contributed by atoms with Gasteiger partial charge in [0.05, 0.1) is 0 Å². The van der Waals surface area contributed by atoms with Crippen LogP contribution in [0.1, 0.15) is 24.4 Å². The number of hydrogen-bond acceptors (Lipinski definition) is 3. The molecule has 1 aromatic heterocycles. The van der Waals surface area contributed by atoms with Crippen molar-refractivity contribution in [1.29, 1.82) is 0 Å². The number of rotatable bonds is 5. The smallest absolute Gasteiger partial charge is 0.110 e. The van der Waals surface area contributed by atoms with E-state index in [2.05, 4.69) is 40.9 Å². The summed E-state index contributed by atoms with van der Waals surface area (Å²) in [4.78, 5) is 5.63. The van der Waals surface area contributed by atoms with Crippen molar-refractivity contribution < 1.29 is 0 Å². The summed E-state index contributed by atoms with van der Waals surface area (Å²) in [6, 6.07) is 8.32.